The van der Waals surface area contributed by atoms with Gasteiger partial charge >= 0.3 is 5.97 Å². The standard InChI is InChI=1S/C9H9BrINO2/c10-7-5-6(1-2-8(7)11)12-4-3-9(13)14/h1-2,5,12H,3-4H2,(H,13,14). The molecule has 1 aromatic rings. The van der Waals surface area contributed by atoms with Crippen molar-refractivity contribution in [1.29, 1.82) is 0 Å². The molecular formula is C9H9BrINO2. The van der Waals surface area contributed by atoms with E-state index in [9.17, 15) is 4.79 Å². The van der Waals surface area contributed by atoms with Crippen molar-refractivity contribution in [2.24, 2.45) is 0 Å². The molecule has 0 aliphatic rings. The van der Waals surface area contributed by atoms with Crippen LogP contribution in [0, 0.1) is 3.57 Å². The van der Waals surface area contributed by atoms with Crippen molar-refractivity contribution in [2.45, 2.75) is 6.42 Å². The Kier molecular flexibility index (Phi) is 4.67. The van der Waals surface area contributed by atoms with E-state index in [0.717, 1.165) is 13.7 Å². The van der Waals surface area contributed by atoms with Crippen molar-refractivity contribution in [1.82, 2.24) is 0 Å². The molecule has 0 unspecified atom stereocenters. The van der Waals surface area contributed by atoms with E-state index in [4.69, 9.17) is 5.11 Å². The Labute approximate surface area is 104 Å². The molecular weight excluding hydrogens is 361 g/mol. The number of rotatable bonds is 4. The van der Waals surface area contributed by atoms with Crippen LogP contribution in [0.3, 0.4) is 0 Å². The zero-order chi connectivity index (χ0) is 10.6. The Bertz CT molecular complexity index is 344. The fourth-order valence-corrected chi connectivity index (χ4v) is 1.63. The first kappa shape index (κ1) is 11.8. The molecule has 0 bridgehead atoms. The molecule has 0 aliphatic heterocycles. The summed E-state index contributed by atoms with van der Waals surface area (Å²) in [6.07, 6.45) is 0.129. The van der Waals surface area contributed by atoms with E-state index in [0.29, 0.717) is 6.54 Å². The van der Waals surface area contributed by atoms with Gasteiger partial charge in [-0.05, 0) is 56.7 Å². The van der Waals surface area contributed by atoms with Gasteiger partial charge in [0, 0.05) is 20.3 Å². The van der Waals surface area contributed by atoms with E-state index in [1.54, 1.807) is 0 Å². The van der Waals surface area contributed by atoms with Crippen molar-refractivity contribution >= 4 is 50.2 Å². The minimum atomic E-state index is -0.790. The average molecular weight is 370 g/mol. The Balaban J connectivity index is 2.51. The van der Waals surface area contributed by atoms with Crippen molar-refractivity contribution < 1.29 is 9.90 Å². The Morgan fingerprint density at radius 1 is 1.57 bits per heavy atom. The van der Waals surface area contributed by atoms with Crippen LogP contribution >= 0.6 is 38.5 Å². The number of hydrogen-bond donors (Lipinski definition) is 2. The number of anilines is 1. The van der Waals surface area contributed by atoms with Crippen molar-refractivity contribution in [3.05, 3.63) is 26.2 Å². The molecule has 0 aromatic heterocycles. The first-order valence-corrected chi connectivity index (χ1v) is 5.87. The minimum absolute atomic E-state index is 0.129. The predicted molar refractivity (Wildman–Crippen MR) is 67.6 cm³/mol. The van der Waals surface area contributed by atoms with Crippen molar-refractivity contribution in [2.75, 3.05) is 11.9 Å². The van der Waals surface area contributed by atoms with E-state index in [2.05, 4.69) is 43.8 Å². The smallest absolute Gasteiger partial charge is 0.305 e. The largest absolute Gasteiger partial charge is 0.481 e. The third-order valence-corrected chi connectivity index (χ3v) is 3.93. The highest BCUT2D eigenvalue weighted by atomic mass is 127. The normalized spacial score (nSPS) is 9.86. The van der Waals surface area contributed by atoms with Gasteiger partial charge in [0.05, 0.1) is 6.42 Å². The highest BCUT2D eigenvalue weighted by Gasteiger charge is 1.99. The number of carboxylic acid groups (broad SMARTS) is 1. The first-order valence-electron chi connectivity index (χ1n) is 4.00. The Hall–Kier alpha value is -0.300. The maximum atomic E-state index is 10.3. The van der Waals surface area contributed by atoms with Gasteiger partial charge in [-0.2, -0.15) is 0 Å². The molecule has 0 heterocycles. The highest BCUT2D eigenvalue weighted by molar-refractivity contribution is 14.1. The van der Waals surface area contributed by atoms with Gasteiger partial charge in [0.25, 0.3) is 0 Å². The summed E-state index contributed by atoms with van der Waals surface area (Å²) in [5.41, 5.74) is 0.929. The summed E-state index contributed by atoms with van der Waals surface area (Å²) in [5, 5.41) is 11.5. The second-order valence-corrected chi connectivity index (χ2v) is 4.72. The van der Waals surface area contributed by atoms with E-state index < -0.39 is 5.97 Å². The average Bonchev–Trinajstić information content (AvgIpc) is 2.10. The number of carboxylic acids is 1. The van der Waals surface area contributed by atoms with Crippen LogP contribution < -0.4 is 5.32 Å². The molecule has 76 valence electrons. The molecule has 14 heavy (non-hydrogen) atoms. The Morgan fingerprint density at radius 2 is 2.29 bits per heavy atom. The third kappa shape index (κ3) is 3.83. The van der Waals surface area contributed by atoms with Crippen LogP contribution in [0.25, 0.3) is 0 Å². The maximum Gasteiger partial charge on any atom is 0.305 e. The zero-order valence-corrected chi connectivity index (χ0v) is 11.0. The van der Waals surface area contributed by atoms with Gasteiger partial charge in [-0.15, -0.1) is 0 Å². The number of nitrogens with one attached hydrogen (secondary N) is 1. The molecule has 0 aliphatic carbocycles. The second kappa shape index (κ2) is 5.55. The molecule has 0 atom stereocenters. The summed E-state index contributed by atoms with van der Waals surface area (Å²) < 4.78 is 2.14. The van der Waals surface area contributed by atoms with Gasteiger partial charge in [0.1, 0.15) is 0 Å². The maximum absolute atomic E-state index is 10.3. The summed E-state index contributed by atoms with van der Waals surface area (Å²) >= 11 is 5.62. The van der Waals surface area contributed by atoms with Crippen molar-refractivity contribution in [3.63, 3.8) is 0 Å². The molecule has 0 saturated heterocycles. The lowest BCUT2D eigenvalue weighted by molar-refractivity contribution is -0.136. The summed E-state index contributed by atoms with van der Waals surface area (Å²) in [6, 6.07) is 5.83. The third-order valence-electron chi connectivity index (χ3n) is 1.59. The highest BCUT2D eigenvalue weighted by Crippen LogP contribution is 2.22. The van der Waals surface area contributed by atoms with Gasteiger partial charge < -0.3 is 10.4 Å². The Morgan fingerprint density at radius 3 is 2.86 bits per heavy atom. The summed E-state index contributed by atoms with van der Waals surface area (Å²) in [5.74, 6) is -0.790. The quantitative estimate of drug-likeness (QED) is 0.802. The topological polar surface area (TPSA) is 49.3 Å². The van der Waals surface area contributed by atoms with Crippen LogP contribution in [-0.4, -0.2) is 17.6 Å². The van der Waals surface area contributed by atoms with Crippen LogP contribution in [0.1, 0.15) is 6.42 Å². The molecule has 1 aromatic carbocycles. The first-order chi connectivity index (χ1) is 6.59. The minimum Gasteiger partial charge on any atom is -0.481 e. The SMILES string of the molecule is O=C(O)CCNc1ccc(I)c(Br)c1. The van der Waals surface area contributed by atoms with Gasteiger partial charge in [-0.3, -0.25) is 4.79 Å². The van der Waals surface area contributed by atoms with Gasteiger partial charge in [0.15, 0.2) is 0 Å². The lowest BCUT2D eigenvalue weighted by Crippen LogP contribution is -2.07. The lowest BCUT2D eigenvalue weighted by Gasteiger charge is -2.05. The lowest BCUT2D eigenvalue weighted by atomic mass is 10.3. The molecule has 0 amide bonds. The number of benzene rings is 1. The number of carbonyl (C=O) groups is 1. The molecule has 0 fully saturated rings. The molecule has 3 nitrogen and oxygen atoms in total. The summed E-state index contributed by atoms with van der Waals surface area (Å²) in [4.78, 5) is 10.3. The van der Waals surface area contributed by atoms with Crippen molar-refractivity contribution in [3.8, 4) is 0 Å². The van der Waals surface area contributed by atoms with E-state index in [1.165, 1.54) is 0 Å². The summed E-state index contributed by atoms with van der Waals surface area (Å²) in [7, 11) is 0. The molecule has 5 heteroatoms. The van der Waals surface area contributed by atoms with Crippen LogP contribution in [0.2, 0.25) is 0 Å². The van der Waals surface area contributed by atoms with E-state index >= 15 is 0 Å². The van der Waals surface area contributed by atoms with Gasteiger partial charge in [-0.25, -0.2) is 0 Å². The second-order valence-electron chi connectivity index (χ2n) is 2.70. The van der Waals surface area contributed by atoms with E-state index in [-0.39, 0.29) is 6.42 Å². The monoisotopic (exact) mass is 369 g/mol. The molecule has 2 N–H and O–H groups in total. The summed E-state index contributed by atoms with van der Waals surface area (Å²) in [6.45, 7) is 0.447. The number of hydrogen-bond acceptors (Lipinski definition) is 2. The van der Waals surface area contributed by atoms with Gasteiger partial charge in [-0.1, -0.05) is 0 Å². The number of aliphatic carboxylic acids is 1. The van der Waals surface area contributed by atoms with Crippen LogP contribution in [0.15, 0.2) is 22.7 Å². The fourth-order valence-electron chi connectivity index (χ4n) is 0.920. The molecule has 1 rings (SSSR count). The molecule has 0 saturated carbocycles. The fraction of sp³-hybridized carbons (Fsp3) is 0.222. The predicted octanol–water partition coefficient (Wildman–Crippen LogP) is 2.94. The zero-order valence-electron chi connectivity index (χ0n) is 7.26. The van der Waals surface area contributed by atoms with E-state index in [1.807, 2.05) is 18.2 Å². The molecule has 0 radical (unpaired) electrons. The number of halogens is 2. The van der Waals surface area contributed by atoms with Crippen LogP contribution in [0.4, 0.5) is 5.69 Å². The molecule has 0 spiro atoms. The van der Waals surface area contributed by atoms with Crippen LogP contribution in [-0.2, 0) is 4.79 Å². The van der Waals surface area contributed by atoms with Gasteiger partial charge in [0.2, 0.25) is 0 Å². The van der Waals surface area contributed by atoms with Crippen LogP contribution in [0.5, 0.6) is 0 Å².